The molecule has 3 aromatic carbocycles. The minimum atomic E-state index is -0.420. The van der Waals surface area contributed by atoms with E-state index in [1.54, 1.807) is 11.8 Å². The molecule has 33 heavy (non-hydrogen) atoms. The molecule has 0 unspecified atom stereocenters. The number of nitrogens with zero attached hydrogens (tertiary/aromatic N) is 3. The molecule has 1 N–H and O–H groups in total. The first-order valence-electron chi connectivity index (χ1n) is 11.0. The normalized spacial score (nSPS) is 14.3. The number of anilines is 1. The van der Waals surface area contributed by atoms with E-state index in [-0.39, 0.29) is 0 Å². The molecule has 166 valence electrons. The Labute approximate surface area is 197 Å². The minimum absolute atomic E-state index is 0.420. The molecular weight excluding hydrogens is 432 g/mol. The van der Waals surface area contributed by atoms with Crippen molar-refractivity contribution in [2.24, 2.45) is 0 Å². The zero-order chi connectivity index (χ0) is 22.5. The molecule has 0 saturated heterocycles. The molecule has 1 atom stereocenters. The summed E-state index contributed by atoms with van der Waals surface area (Å²) in [5.74, 6) is 2.22. The van der Waals surface area contributed by atoms with Gasteiger partial charge in [-0.3, -0.25) is 0 Å². The predicted octanol–water partition coefficient (Wildman–Crippen LogP) is 6.12. The number of hydrogen-bond donors (Lipinski definition) is 1. The lowest BCUT2D eigenvalue weighted by molar-refractivity contribution is 0.225. The molecule has 4 aromatic rings. The van der Waals surface area contributed by atoms with Crippen molar-refractivity contribution in [1.29, 1.82) is 0 Å². The van der Waals surface area contributed by atoms with Crippen LogP contribution in [0.5, 0.6) is 11.6 Å². The quantitative estimate of drug-likeness (QED) is 0.336. The highest BCUT2D eigenvalue weighted by molar-refractivity contribution is 7.99. The third-order valence-electron chi connectivity index (χ3n) is 5.20. The van der Waals surface area contributed by atoms with Gasteiger partial charge in [-0.05, 0) is 42.3 Å². The second-order valence-electron chi connectivity index (χ2n) is 7.63. The van der Waals surface area contributed by atoms with E-state index in [2.05, 4.69) is 39.6 Å². The van der Waals surface area contributed by atoms with Gasteiger partial charge in [0, 0.05) is 22.6 Å². The zero-order valence-corrected chi connectivity index (χ0v) is 19.1. The SMILES string of the molecule is CCCSc1nnc2c(n1)O[C@H](c1ccc(OCc3ccccc3)cc1)Nc1ccccc1-2. The van der Waals surface area contributed by atoms with E-state index >= 15 is 0 Å². The van der Waals surface area contributed by atoms with Crippen LogP contribution in [0.25, 0.3) is 11.3 Å². The molecular formula is C26H24N4O2S. The first kappa shape index (κ1) is 21.3. The van der Waals surface area contributed by atoms with Crippen LogP contribution >= 0.6 is 11.8 Å². The molecule has 1 aliphatic rings. The molecule has 0 spiro atoms. The lowest BCUT2D eigenvalue weighted by Crippen LogP contribution is -2.17. The predicted molar refractivity (Wildman–Crippen MR) is 130 cm³/mol. The van der Waals surface area contributed by atoms with Crippen molar-refractivity contribution in [1.82, 2.24) is 15.2 Å². The van der Waals surface area contributed by atoms with E-state index in [1.807, 2.05) is 66.7 Å². The third-order valence-corrected chi connectivity index (χ3v) is 6.24. The number of hydrogen-bond acceptors (Lipinski definition) is 7. The van der Waals surface area contributed by atoms with Crippen LogP contribution in [0.2, 0.25) is 0 Å². The summed E-state index contributed by atoms with van der Waals surface area (Å²) in [5, 5.41) is 12.9. The average molecular weight is 457 g/mol. The fourth-order valence-electron chi connectivity index (χ4n) is 3.53. The van der Waals surface area contributed by atoms with Crippen molar-refractivity contribution in [3.05, 3.63) is 90.0 Å². The second kappa shape index (κ2) is 9.92. The van der Waals surface area contributed by atoms with Gasteiger partial charge < -0.3 is 14.8 Å². The van der Waals surface area contributed by atoms with E-state index in [9.17, 15) is 0 Å². The number of para-hydroxylation sites is 1. The van der Waals surface area contributed by atoms with Gasteiger partial charge in [-0.25, -0.2) is 0 Å². The van der Waals surface area contributed by atoms with Crippen molar-refractivity contribution < 1.29 is 9.47 Å². The van der Waals surface area contributed by atoms with Gasteiger partial charge in [-0.2, -0.15) is 4.98 Å². The summed E-state index contributed by atoms with van der Waals surface area (Å²) in [6, 6.07) is 26.0. The van der Waals surface area contributed by atoms with Crippen LogP contribution in [-0.2, 0) is 6.61 Å². The Morgan fingerprint density at radius 3 is 2.55 bits per heavy atom. The Morgan fingerprint density at radius 1 is 0.939 bits per heavy atom. The minimum Gasteiger partial charge on any atom is -0.489 e. The van der Waals surface area contributed by atoms with Gasteiger partial charge in [0.05, 0.1) is 0 Å². The number of nitrogens with one attached hydrogen (secondary N) is 1. The highest BCUT2D eigenvalue weighted by Gasteiger charge is 2.26. The Bertz CT molecular complexity index is 1220. The lowest BCUT2D eigenvalue weighted by atomic mass is 10.1. The summed E-state index contributed by atoms with van der Waals surface area (Å²) in [4.78, 5) is 4.67. The summed E-state index contributed by atoms with van der Waals surface area (Å²) in [6.07, 6.45) is 0.619. The van der Waals surface area contributed by atoms with Crippen LogP contribution in [-0.4, -0.2) is 20.9 Å². The van der Waals surface area contributed by atoms with Crippen LogP contribution in [0.15, 0.2) is 84.0 Å². The standard InChI is InChI=1S/C26H24N4O2S/c1-2-16-33-26-28-25-23(29-30-26)21-10-6-7-11-22(21)27-24(32-25)19-12-14-20(15-13-19)31-17-18-8-4-3-5-9-18/h3-15,24,27H,2,16-17H2,1H3/t24-/m1/s1. The molecule has 5 rings (SSSR count). The number of thioether (sulfide) groups is 1. The molecule has 1 aromatic heterocycles. The maximum Gasteiger partial charge on any atom is 0.247 e. The van der Waals surface area contributed by atoms with E-state index in [0.717, 1.165) is 40.3 Å². The van der Waals surface area contributed by atoms with Crippen molar-refractivity contribution in [3.63, 3.8) is 0 Å². The molecule has 2 heterocycles. The first-order valence-corrected chi connectivity index (χ1v) is 12.0. The van der Waals surface area contributed by atoms with Gasteiger partial charge in [0.1, 0.15) is 12.4 Å². The van der Waals surface area contributed by atoms with Crippen molar-refractivity contribution in [2.75, 3.05) is 11.1 Å². The fourth-order valence-corrected chi connectivity index (χ4v) is 4.17. The van der Waals surface area contributed by atoms with Gasteiger partial charge in [0.25, 0.3) is 0 Å². The number of benzene rings is 3. The maximum atomic E-state index is 6.34. The number of aromatic nitrogens is 3. The first-order chi connectivity index (χ1) is 16.3. The highest BCUT2D eigenvalue weighted by Crippen LogP contribution is 2.39. The van der Waals surface area contributed by atoms with Gasteiger partial charge in [-0.1, -0.05) is 67.2 Å². The molecule has 0 fully saturated rings. The summed E-state index contributed by atoms with van der Waals surface area (Å²) in [6.45, 7) is 2.66. The summed E-state index contributed by atoms with van der Waals surface area (Å²) >= 11 is 1.58. The Balaban J connectivity index is 1.39. The van der Waals surface area contributed by atoms with Gasteiger partial charge in [-0.15, -0.1) is 10.2 Å². The average Bonchev–Trinajstić information content (AvgIpc) is 3.03. The maximum absolute atomic E-state index is 6.34. The fraction of sp³-hybridized carbons (Fsp3) is 0.192. The van der Waals surface area contributed by atoms with Gasteiger partial charge in [0.2, 0.25) is 11.0 Å². The second-order valence-corrected chi connectivity index (χ2v) is 8.69. The molecule has 1 aliphatic heterocycles. The molecule has 0 saturated carbocycles. The molecule has 0 radical (unpaired) electrons. The number of fused-ring (bicyclic) bond motifs is 3. The Hall–Kier alpha value is -3.58. The third kappa shape index (κ3) is 4.93. The summed E-state index contributed by atoms with van der Waals surface area (Å²) in [7, 11) is 0. The van der Waals surface area contributed by atoms with E-state index in [4.69, 9.17) is 9.47 Å². The molecule has 0 bridgehead atoms. The number of ether oxygens (including phenoxy) is 2. The summed E-state index contributed by atoms with van der Waals surface area (Å²) in [5.41, 5.74) is 4.59. The Kier molecular flexibility index (Phi) is 6.39. The molecule has 6 nitrogen and oxygen atoms in total. The van der Waals surface area contributed by atoms with Crippen molar-refractivity contribution in [3.8, 4) is 22.9 Å². The molecule has 7 heteroatoms. The van der Waals surface area contributed by atoms with Crippen LogP contribution < -0.4 is 14.8 Å². The van der Waals surface area contributed by atoms with E-state index < -0.39 is 6.23 Å². The summed E-state index contributed by atoms with van der Waals surface area (Å²) < 4.78 is 12.3. The highest BCUT2D eigenvalue weighted by atomic mass is 32.2. The lowest BCUT2D eigenvalue weighted by Gasteiger charge is -2.19. The van der Waals surface area contributed by atoms with Gasteiger partial charge in [0.15, 0.2) is 11.9 Å². The Morgan fingerprint density at radius 2 is 1.73 bits per heavy atom. The van der Waals surface area contributed by atoms with Gasteiger partial charge >= 0.3 is 0 Å². The zero-order valence-electron chi connectivity index (χ0n) is 18.3. The molecule has 0 aliphatic carbocycles. The monoisotopic (exact) mass is 456 g/mol. The van der Waals surface area contributed by atoms with E-state index in [1.165, 1.54) is 0 Å². The number of rotatable bonds is 7. The van der Waals surface area contributed by atoms with E-state index in [0.29, 0.717) is 23.3 Å². The van der Waals surface area contributed by atoms with Crippen molar-refractivity contribution >= 4 is 17.4 Å². The van der Waals surface area contributed by atoms with Crippen LogP contribution in [0.1, 0.15) is 30.7 Å². The van der Waals surface area contributed by atoms with Crippen LogP contribution in [0, 0.1) is 0 Å². The molecule has 0 amide bonds. The van der Waals surface area contributed by atoms with Crippen LogP contribution in [0.3, 0.4) is 0 Å². The van der Waals surface area contributed by atoms with Crippen molar-refractivity contribution in [2.45, 2.75) is 31.3 Å². The largest absolute Gasteiger partial charge is 0.489 e. The topological polar surface area (TPSA) is 69.2 Å². The smallest absolute Gasteiger partial charge is 0.247 e. The van der Waals surface area contributed by atoms with Crippen LogP contribution in [0.4, 0.5) is 5.69 Å².